The minimum Gasteiger partial charge on any atom is -0.468 e. The molecule has 1 amide bonds. The molecule has 0 heterocycles. The van der Waals surface area contributed by atoms with E-state index < -0.39 is 25.3 Å². The smallest absolute Gasteiger partial charge is 0.407 e. The number of rotatable bonds is 20. The maximum absolute atomic E-state index is 13.5. The van der Waals surface area contributed by atoms with Gasteiger partial charge in [-0.25, -0.2) is 4.79 Å². The largest absolute Gasteiger partial charge is 0.468 e. The third-order valence-electron chi connectivity index (χ3n) is 6.39. The third kappa shape index (κ3) is 16.1. The predicted octanol–water partition coefficient (Wildman–Crippen LogP) is 7.00. The first-order chi connectivity index (χ1) is 20.1. The molecule has 0 saturated heterocycles. The molecule has 0 aliphatic heterocycles. The van der Waals surface area contributed by atoms with Crippen molar-refractivity contribution in [2.45, 2.75) is 90.6 Å². The Labute approximate surface area is 251 Å². The normalized spacial score (nSPS) is 12.5. The van der Waals surface area contributed by atoms with E-state index in [0.29, 0.717) is 25.7 Å². The van der Waals surface area contributed by atoms with Crippen LogP contribution in [0.4, 0.5) is 4.79 Å². The van der Waals surface area contributed by atoms with Gasteiger partial charge in [0, 0.05) is 13.1 Å². The fraction of sp³-hybridized carbons (Fsp3) is 0.562. The number of carbonyl (C=O) groups excluding carboxylic acids is 2. The lowest BCUT2D eigenvalue weighted by Gasteiger charge is -2.20. The van der Waals surface area contributed by atoms with Crippen molar-refractivity contribution in [2.75, 3.05) is 26.4 Å². The molecule has 0 saturated carbocycles. The fourth-order valence-electron chi connectivity index (χ4n) is 4.19. The molecule has 2 rings (SSSR count). The van der Waals surface area contributed by atoms with Crippen molar-refractivity contribution in [3.8, 4) is 0 Å². The minimum absolute atomic E-state index is 0.249. The van der Waals surface area contributed by atoms with E-state index in [4.69, 9.17) is 18.5 Å². The highest BCUT2D eigenvalue weighted by molar-refractivity contribution is 7.53. The van der Waals surface area contributed by atoms with E-state index in [1.54, 1.807) is 20.8 Å². The van der Waals surface area contributed by atoms with E-state index in [9.17, 15) is 14.2 Å². The van der Waals surface area contributed by atoms with Crippen LogP contribution >= 0.6 is 7.60 Å². The molecule has 10 heteroatoms. The monoisotopic (exact) mass is 604 g/mol. The molecule has 0 bridgehead atoms. The number of alkyl carbamates (subject to hydrolysis) is 1. The molecule has 234 valence electrons. The molecule has 0 fully saturated rings. The fourth-order valence-corrected chi connectivity index (χ4v) is 5.83. The Hall–Kier alpha value is -2.71. The van der Waals surface area contributed by atoms with Gasteiger partial charge in [0.05, 0.1) is 26.5 Å². The molecule has 0 radical (unpaired) electrons. The van der Waals surface area contributed by atoms with E-state index in [-0.39, 0.29) is 19.2 Å². The highest BCUT2D eigenvalue weighted by Gasteiger charge is 2.24. The zero-order chi connectivity index (χ0) is 30.7. The molecule has 2 aromatic rings. The van der Waals surface area contributed by atoms with Crippen LogP contribution < -0.4 is 10.6 Å². The van der Waals surface area contributed by atoms with Crippen LogP contribution in [0.2, 0.25) is 0 Å². The minimum atomic E-state index is -3.26. The lowest BCUT2D eigenvalue weighted by Crippen LogP contribution is -2.42. The van der Waals surface area contributed by atoms with Gasteiger partial charge >= 0.3 is 19.7 Å². The Kier molecular flexibility index (Phi) is 16.5. The van der Waals surface area contributed by atoms with Crippen LogP contribution in [0.5, 0.6) is 0 Å². The third-order valence-corrected chi connectivity index (χ3v) is 8.29. The standard InChI is InChI=1S/C32H49N2O7P/c1-32(2,3)41-31(36)34-23-22-33-29(30(35)38-4)21-15-7-5-6-8-16-24-42(37,39-25-27-17-11-9-12-18-27)40-26-28-19-13-10-14-20-28/h9-14,17-20,29,33H,5-8,15-16,21-26H2,1-4H3,(H,34,36)/t29-/m1/s1. The Morgan fingerprint density at radius 3 is 1.83 bits per heavy atom. The zero-order valence-corrected chi connectivity index (χ0v) is 26.5. The van der Waals surface area contributed by atoms with E-state index >= 15 is 0 Å². The Morgan fingerprint density at radius 1 is 0.786 bits per heavy atom. The Morgan fingerprint density at radius 2 is 1.31 bits per heavy atom. The van der Waals surface area contributed by atoms with Gasteiger partial charge in [-0.05, 0) is 44.7 Å². The molecule has 0 aliphatic rings. The summed E-state index contributed by atoms with van der Waals surface area (Å²) in [5.41, 5.74) is 1.36. The highest BCUT2D eigenvalue weighted by Crippen LogP contribution is 2.50. The van der Waals surface area contributed by atoms with E-state index in [2.05, 4.69) is 10.6 Å². The van der Waals surface area contributed by atoms with Crippen molar-refractivity contribution in [3.05, 3.63) is 71.8 Å². The topological polar surface area (TPSA) is 112 Å². The van der Waals surface area contributed by atoms with Gasteiger partial charge in [-0.2, -0.15) is 0 Å². The zero-order valence-electron chi connectivity index (χ0n) is 25.6. The molecule has 2 N–H and O–H groups in total. The van der Waals surface area contributed by atoms with E-state index in [1.165, 1.54) is 7.11 Å². The molecule has 0 aliphatic carbocycles. The molecule has 0 unspecified atom stereocenters. The van der Waals surface area contributed by atoms with Gasteiger partial charge in [0.15, 0.2) is 0 Å². The Bertz CT molecular complexity index is 1030. The average Bonchev–Trinajstić information content (AvgIpc) is 2.97. The van der Waals surface area contributed by atoms with Gasteiger partial charge in [0.1, 0.15) is 11.6 Å². The number of benzene rings is 2. The summed E-state index contributed by atoms with van der Waals surface area (Å²) < 4.78 is 35.4. The van der Waals surface area contributed by atoms with Crippen molar-refractivity contribution < 1.29 is 32.7 Å². The molecule has 0 aromatic heterocycles. The second-order valence-electron chi connectivity index (χ2n) is 11.2. The summed E-state index contributed by atoms with van der Waals surface area (Å²) in [4.78, 5) is 23.9. The lowest BCUT2D eigenvalue weighted by molar-refractivity contribution is -0.143. The summed E-state index contributed by atoms with van der Waals surface area (Å²) in [7, 11) is -1.89. The SMILES string of the molecule is COC(=O)[C@@H](CCCCCCCCP(=O)(OCc1ccccc1)OCc1ccccc1)NCCNC(=O)OC(C)(C)C. The highest BCUT2D eigenvalue weighted by atomic mass is 31.2. The summed E-state index contributed by atoms with van der Waals surface area (Å²) in [5, 5.41) is 5.84. The second-order valence-corrected chi connectivity index (χ2v) is 13.4. The molecular formula is C32H49N2O7P. The molecular weight excluding hydrogens is 555 g/mol. The van der Waals surface area contributed by atoms with E-state index in [0.717, 1.165) is 49.7 Å². The van der Waals surface area contributed by atoms with Crippen molar-refractivity contribution >= 4 is 19.7 Å². The molecule has 42 heavy (non-hydrogen) atoms. The number of hydrogen-bond donors (Lipinski definition) is 2. The summed E-state index contributed by atoms with van der Waals surface area (Å²) in [6.07, 6.45) is 6.04. The molecule has 1 atom stereocenters. The summed E-state index contributed by atoms with van der Waals surface area (Å²) >= 11 is 0. The quantitative estimate of drug-likeness (QED) is 0.0944. The van der Waals surface area contributed by atoms with Gasteiger partial charge in [0.25, 0.3) is 0 Å². The number of methoxy groups -OCH3 is 1. The van der Waals surface area contributed by atoms with Crippen molar-refractivity contribution in [1.82, 2.24) is 10.6 Å². The van der Waals surface area contributed by atoms with Crippen LogP contribution in [0.25, 0.3) is 0 Å². The predicted molar refractivity (Wildman–Crippen MR) is 165 cm³/mol. The first-order valence-electron chi connectivity index (χ1n) is 14.8. The van der Waals surface area contributed by atoms with Crippen LogP contribution in [-0.2, 0) is 41.1 Å². The van der Waals surface area contributed by atoms with Crippen LogP contribution in [0.3, 0.4) is 0 Å². The Balaban J connectivity index is 1.67. The van der Waals surface area contributed by atoms with Crippen molar-refractivity contribution in [2.24, 2.45) is 0 Å². The molecule has 0 spiro atoms. The number of carbonyl (C=O) groups is 2. The lowest BCUT2D eigenvalue weighted by atomic mass is 10.1. The summed E-state index contributed by atoms with van der Waals surface area (Å²) in [6, 6.07) is 19.0. The average molecular weight is 605 g/mol. The van der Waals surface area contributed by atoms with Gasteiger partial charge in [-0.1, -0.05) is 92.8 Å². The van der Waals surface area contributed by atoms with E-state index in [1.807, 2.05) is 60.7 Å². The first-order valence-corrected chi connectivity index (χ1v) is 16.6. The molecule has 2 aromatic carbocycles. The van der Waals surface area contributed by atoms with Gasteiger partial charge in [0.2, 0.25) is 0 Å². The second kappa shape index (κ2) is 19.5. The van der Waals surface area contributed by atoms with Gasteiger partial charge < -0.3 is 29.2 Å². The van der Waals surface area contributed by atoms with Crippen LogP contribution in [0.15, 0.2) is 60.7 Å². The first kappa shape index (κ1) is 35.5. The number of ether oxygens (including phenoxy) is 2. The number of nitrogens with one attached hydrogen (secondary N) is 2. The van der Waals surface area contributed by atoms with Crippen LogP contribution in [0, 0.1) is 0 Å². The summed E-state index contributed by atoms with van der Waals surface area (Å²) in [6.45, 7) is 6.69. The maximum atomic E-state index is 13.5. The number of esters is 1. The van der Waals surface area contributed by atoms with Crippen LogP contribution in [-0.4, -0.2) is 50.1 Å². The van der Waals surface area contributed by atoms with Crippen LogP contribution in [0.1, 0.15) is 76.8 Å². The van der Waals surface area contributed by atoms with Crippen molar-refractivity contribution in [3.63, 3.8) is 0 Å². The number of hydrogen-bond acceptors (Lipinski definition) is 8. The van der Waals surface area contributed by atoms with Gasteiger partial charge in [-0.15, -0.1) is 0 Å². The number of unbranched alkanes of at least 4 members (excludes halogenated alkanes) is 5. The van der Waals surface area contributed by atoms with Gasteiger partial charge in [-0.3, -0.25) is 9.36 Å². The maximum Gasteiger partial charge on any atom is 0.407 e. The summed E-state index contributed by atoms with van der Waals surface area (Å²) in [5.74, 6) is -0.311. The van der Waals surface area contributed by atoms with Crippen molar-refractivity contribution in [1.29, 1.82) is 0 Å². The number of amides is 1. The molecule has 9 nitrogen and oxygen atoms in total.